The molecule has 0 aliphatic heterocycles. The molecule has 1 aromatic rings. The van der Waals surface area contributed by atoms with Gasteiger partial charge in [0.15, 0.2) is 0 Å². The van der Waals surface area contributed by atoms with Crippen LogP contribution in [0.3, 0.4) is 0 Å². The molecule has 1 radical (unpaired) electrons. The van der Waals surface area contributed by atoms with Crippen molar-refractivity contribution in [2.45, 2.75) is 90.1 Å². The number of benzene rings is 1. The fourth-order valence-corrected chi connectivity index (χ4v) is 5.05. The van der Waals surface area contributed by atoms with Crippen LogP contribution in [0.2, 0.25) is 0 Å². The molecule has 1 aliphatic carbocycles. The molecule has 2 rings (SSSR count). The van der Waals surface area contributed by atoms with Crippen LogP contribution in [-0.4, -0.2) is 40.9 Å². The van der Waals surface area contributed by atoms with Crippen molar-refractivity contribution >= 4 is 41.5 Å². The van der Waals surface area contributed by atoms with E-state index in [2.05, 4.69) is 38.3 Å². The third kappa shape index (κ3) is 13.2. The SMILES string of the molecule is C#[N+]C=N/C(=C\C)C(=O)Nc1ccc(SC[CH-]CC2=CCCCC2C(=O)NC(C)(C)C)c(C(=O)NC(C)(C)C)c1.[Ho]. The number of allylic oxidation sites excluding steroid dienone is 2. The molecule has 10 heteroatoms. The van der Waals surface area contributed by atoms with Gasteiger partial charge in [0.1, 0.15) is 6.57 Å². The van der Waals surface area contributed by atoms with Crippen molar-refractivity contribution in [3.63, 3.8) is 0 Å². The standard InChI is InChI=1S/C31H43N5O3S.Ho/c1-9-25(33-20-32-8)29(39)34-22-16-17-26(24(19-22)28(38)36-31(5,6)7)40-18-12-14-21-13-10-11-15-23(21)27(37)35-30(2,3)4;/h8-9,12-13,16-17,19-20,23H,10-11,14-15,18H2,1-7H3,(H,34,39)(H,35,37)(H,36,38);/b25-9-,33-20?;. The van der Waals surface area contributed by atoms with Gasteiger partial charge in [-0.1, -0.05) is 11.6 Å². The van der Waals surface area contributed by atoms with E-state index in [0.717, 1.165) is 36.1 Å². The number of carbonyl (C=O) groups excluding carboxylic acids is 3. The minimum absolute atomic E-state index is 0. The van der Waals surface area contributed by atoms with E-state index < -0.39 is 11.4 Å². The molecule has 8 nitrogen and oxygen atoms in total. The van der Waals surface area contributed by atoms with Gasteiger partial charge in [-0.15, -0.1) is 5.75 Å². The summed E-state index contributed by atoms with van der Waals surface area (Å²) in [6.07, 6.45) is 10.6. The van der Waals surface area contributed by atoms with Gasteiger partial charge >= 0.3 is 6.34 Å². The molecular weight excluding hydrogens is 687 g/mol. The van der Waals surface area contributed by atoms with Gasteiger partial charge in [0.25, 0.3) is 11.8 Å². The molecule has 1 aliphatic rings. The van der Waals surface area contributed by atoms with E-state index in [1.165, 1.54) is 0 Å². The van der Waals surface area contributed by atoms with Gasteiger partial charge < -0.3 is 22.4 Å². The maximum absolute atomic E-state index is 13.2. The maximum Gasteiger partial charge on any atom is 0.390 e. The average Bonchev–Trinajstić information content (AvgIpc) is 2.85. The summed E-state index contributed by atoms with van der Waals surface area (Å²) in [4.78, 5) is 46.7. The van der Waals surface area contributed by atoms with E-state index in [0.29, 0.717) is 23.4 Å². The number of carbonyl (C=O) groups is 3. The zero-order chi connectivity index (χ0) is 29.9. The third-order valence-corrected chi connectivity index (χ3v) is 6.91. The smallest absolute Gasteiger partial charge is 0.351 e. The molecule has 1 atom stereocenters. The molecular formula is C31H43HoN5O3S. The van der Waals surface area contributed by atoms with Crippen LogP contribution in [0.5, 0.6) is 0 Å². The molecule has 1 unspecified atom stereocenters. The molecule has 0 saturated carbocycles. The number of amides is 3. The van der Waals surface area contributed by atoms with Gasteiger partial charge in [0.05, 0.1) is 11.5 Å². The minimum atomic E-state index is -0.441. The van der Waals surface area contributed by atoms with Crippen LogP contribution in [0.25, 0.3) is 4.85 Å². The summed E-state index contributed by atoms with van der Waals surface area (Å²) in [5, 5.41) is 8.91. The van der Waals surface area contributed by atoms with E-state index in [-0.39, 0.29) is 66.7 Å². The van der Waals surface area contributed by atoms with E-state index in [9.17, 15) is 14.4 Å². The Morgan fingerprint density at radius 3 is 2.44 bits per heavy atom. The number of hydrogen-bond acceptors (Lipinski definition) is 5. The number of aliphatic imine (C=N–C) groups is 1. The molecule has 41 heavy (non-hydrogen) atoms. The van der Waals surface area contributed by atoms with Crippen molar-refractivity contribution in [2.24, 2.45) is 10.9 Å². The van der Waals surface area contributed by atoms with Crippen molar-refractivity contribution in [1.29, 1.82) is 0 Å². The summed E-state index contributed by atoms with van der Waals surface area (Å²) in [6, 6.07) is 5.26. The Labute approximate surface area is 279 Å². The zero-order valence-electron chi connectivity index (χ0n) is 25.1. The summed E-state index contributed by atoms with van der Waals surface area (Å²) in [5.41, 5.74) is 1.54. The van der Waals surface area contributed by atoms with Crippen LogP contribution >= 0.6 is 11.8 Å². The van der Waals surface area contributed by atoms with E-state index >= 15 is 0 Å². The first-order valence-corrected chi connectivity index (χ1v) is 14.5. The number of thioether (sulfide) groups is 1. The Morgan fingerprint density at radius 2 is 1.83 bits per heavy atom. The number of rotatable bonds is 10. The second kappa shape index (κ2) is 17.1. The summed E-state index contributed by atoms with van der Waals surface area (Å²) >= 11 is 1.54. The van der Waals surface area contributed by atoms with Gasteiger partial charge in [0.2, 0.25) is 11.6 Å². The number of anilines is 1. The van der Waals surface area contributed by atoms with Crippen molar-refractivity contribution in [1.82, 2.24) is 10.6 Å². The summed E-state index contributed by atoms with van der Waals surface area (Å²) in [6.45, 7) is 18.5. The first-order chi connectivity index (χ1) is 18.7. The molecule has 0 aromatic heterocycles. The predicted molar refractivity (Wildman–Crippen MR) is 166 cm³/mol. The Hall–Kier alpha value is -2.12. The maximum atomic E-state index is 13.2. The molecule has 0 spiro atoms. The second-order valence-corrected chi connectivity index (χ2v) is 12.8. The summed E-state index contributed by atoms with van der Waals surface area (Å²) < 4.78 is 0. The van der Waals surface area contributed by atoms with Crippen molar-refractivity contribution in [3.8, 4) is 6.57 Å². The zero-order valence-corrected chi connectivity index (χ0v) is 27.8. The summed E-state index contributed by atoms with van der Waals surface area (Å²) in [5.74, 6) is -0.0279. The molecule has 0 fully saturated rings. The van der Waals surface area contributed by atoms with Crippen molar-refractivity contribution in [3.05, 3.63) is 58.5 Å². The Kier molecular flexibility index (Phi) is 15.4. The van der Waals surface area contributed by atoms with Crippen LogP contribution < -0.4 is 16.0 Å². The number of nitrogens with one attached hydrogen (secondary N) is 3. The topological polar surface area (TPSA) is 104 Å². The van der Waals surface area contributed by atoms with Crippen molar-refractivity contribution < 1.29 is 52.1 Å². The van der Waals surface area contributed by atoms with Gasteiger partial charge in [-0.05, 0) is 97.0 Å². The van der Waals surface area contributed by atoms with Gasteiger partial charge in [0, 0.05) is 59.4 Å². The van der Waals surface area contributed by atoms with Gasteiger partial charge in [-0.2, -0.15) is 23.0 Å². The normalized spacial score (nSPS) is 15.8. The molecule has 3 N–H and O–H groups in total. The van der Waals surface area contributed by atoms with E-state index in [4.69, 9.17) is 6.57 Å². The Morgan fingerprint density at radius 1 is 1.15 bits per heavy atom. The number of hydrogen-bond donors (Lipinski definition) is 3. The van der Waals surface area contributed by atoms with Gasteiger partial charge in [-0.25, -0.2) is 0 Å². The molecule has 227 valence electrons. The average molecular weight is 731 g/mol. The Balaban J connectivity index is 0.00000840. The van der Waals surface area contributed by atoms with Crippen LogP contribution in [-0.2, 0) is 9.59 Å². The summed E-state index contributed by atoms with van der Waals surface area (Å²) in [7, 11) is 0. The second-order valence-electron chi connectivity index (χ2n) is 11.7. The van der Waals surface area contributed by atoms with Crippen LogP contribution in [0, 0.1) is 56.6 Å². The quantitative estimate of drug-likeness (QED) is 0.0381. The van der Waals surface area contributed by atoms with Crippen LogP contribution in [0.1, 0.15) is 84.5 Å². The minimum Gasteiger partial charge on any atom is -0.351 e. The molecule has 3 amide bonds. The van der Waals surface area contributed by atoms with E-state index in [1.807, 2.05) is 47.6 Å². The largest absolute Gasteiger partial charge is 0.390 e. The monoisotopic (exact) mass is 730 g/mol. The fraction of sp³-hybridized carbons (Fsp3) is 0.484. The molecule has 0 saturated heterocycles. The van der Waals surface area contributed by atoms with Crippen LogP contribution in [0.15, 0.2) is 51.5 Å². The molecule has 1 aromatic carbocycles. The molecule has 0 heterocycles. The van der Waals surface area contributed by atoms with Gasteiger partial charge in [-0.3, -0.25) is 14.4 Å². The molecule has 0 bridgehead atoms. The first-order valence-electron chi connectivity index (χ1n) is 13.6. The van der Waals surface area contributed by atoms with Crippen LogP contribution in [0.4, 0.5) is 5.69 Å². The Bertz CT molecular complexity index is 1220. The predicted octanol–water partition coefficient (Wildman–Crippen LogP) is 6.38. The first kappa shape index (κ1) is 36.9. The van der Waals surface area contributed by atoms with E-state index in [1.54, 1.807) is 36.9 Å². The fourth-order valence-electron chi connectivity index (χ4n) is 4.17. The third-order valence-electron chi connectivity index (χ3n) is 5.84. The number of nitrogens with zero attached hydrogens (tertiary/aromatic N) is 2. The van der Waals surface area contributed by atoms with Crippen molar-refractivity contribution in [2.75, 3.05) is 11.1 Å².